The summed E-state index contributed by atoms with van der Waals surface area (Å²) >= 11 is 6.39. The van der Waals surface area contributed by atoms with Crippen LogP contribution in [-0.2, 0) is 11.2 Å². The Morgan fingerprint density at radius 3 is 2.67 bits per heavy atom. The lowest BCUT2D eigenvalue weighted by atomic mass is 10.1. The zero-order valence-corrected chi connectivity index (χ0v) is 11.2. The van der Waals surface area contributed by atoms with Gasteiger partial charge in [0.25, 0.3) is 0 Å². The minimum atomic E-state index is 0.380. The number of fused-ring (bicyclic) bond motifs is 2. The molecule has 98 valence electrons. The van der Waals surface area contributed by atoms with Crippen molar-refractivity contribution >= 4 is 17.3 Å². The van der Waals surface area contributed by atoms with E-state index in [0.717, 1.165) is 24.5 Å². The molecular formula is C14H19ClN2O. The van der Waals surface area contributed by atoms with Crippen molar-refractivity contribution in [1.82, 2.24) is 0 Å². The number of benzene rings is 1. The standard InChI is InChI=1S/C14H19ClN2O/c15-13-3-1-2-10(6-7-16)14(13)17-8-11-4-5-12(9-17)18-11/h1-3,11-12H,4-9,16H2. The molecule has 2 N–H and O–H groups in total. The van der Waals surface area contributed by atoms with Crippen molar-refractivity contribution in [2.75, 3.05) is 24.5 Å². The maximum absolute atomic E-state index is 6.39. The van der Waals surface area contributed by atoms with Gasteiger partial charge in [-0.3, -0.25) is 0 Å². The second-order valence-electron chi connectivity index (χ2n) is 5.15. The van der Waals surface area contributed by atoms with Gasteiger partial charge in [0.2, 0.25) is 0 Å². The molecule has 2 unspecified atom stereocenters. The van der Waals surface area contributed by atoms with Crippen molar-refractivity contribution in [2.24, 2.45) is 5.73 Å². The summed E-state index contributed by atoms with van der Waals surface area (Å²) in [4.78, 5) is 2.39. The van der Waals surface area contributed by atoms with Gasteiger partial charge < -0.3 is 15.4 Å². The highest BCUT2D eigenvalue weighted by atomic mass is 35.5. The van der Waals surface area contributed by atoms with E-state index >= 15 is 0 Å². The first-order valence-electron chi connectivity index (χ1n) is 6.66. The van der Waals surface area contributed by atoms with Gasteiger partial charge in [-0.25, -0.2) is 0 Å². The van der Waals surface area contributed by atoms with Crippen LogP contribution in [-0.4, -0.2) is 31.8 Å². The van der Waals surface area contributed by atoms with Gasteiger partial charge in [-0.15, -0.1) is 0 Å². The van der Waals surface area contributed by atoms with E-state index in [9.17, 15) is 0 Å². The summed E-state index contributed by atoms with van der Waals surface area (Å²) < 4.78 is 5.88. The Morgan fingerprint density at radius 2 is 2.00 bits per heavy atom. The van der Waals surface area contributed by atoms with E-state index in [1.807, 2.05) is 12.1 Å². The third-order valence-electron chi connectivity index (χ3n) is 3.84. The molecule has 0 radical (unpaired) electrons. The largest absolute Gasteiger partial charge is 0.371 e. The van der Waals surface area contributed by atoms with Gasteiger partial charge in [0.05, 0.1) is 22.9 Å². The maximum Gasteiger partial charge on any atom is 0.0755 e. The lowest BCUT2D eigenvalue weighted by Crippen LogP contribution is -2.43. The molecule has 18 heavy (non-hydrogen) atoms. The molecule has 3 rings (SSSR count). The minimum absolute atomic E-state index is 0.380. The summed E-state index contributed by atoms with van der Waals surface area (Å²) in [5, 5.41) is 0.835. The number of hydrogen-bond acceptors (Lipinski definition) is 3. The molecule has 0 spiro atoms. The summed E-state index contributed by atoms with van der Waals surface area (Å²) in [6, 6.07) is 6.10. The highest BCUT2D eigenvalue weighted by Crippen LogP contribution is 2.35. The van der Waals surface area contributed by atoms with Crippen LogP contribution < -0.4 is 10.6 Å². The number of rotatable bonds is 3. The molecule has 0 saturated carbocycles. The molecule has 2 heterocycles. The van der Waals surface area contributed by atoms with E-state index in [1.165, 1.54) is 24.1 Å². The molecule has 4 heteroatoms. The molecule has 1 aromatic rings. The maximum atomic E-state index is 6.39. The van der Waals surface area contributed by atoms with E-state index in [2.05, 4.69) is 11.0 Å². The SMILES string of the molecule is NCCc1cccc(Cl)c1N1CC2CCC(C1)O2. The Hall–Kier alpha value is -0.770. The number of anilines is 1. The molecule has 2 saturated heterocycles. The van der Waals surface area contributed by atoms with E-state index in [-0.39, 0.29) is 0 Å². The third-order valence-corrected chi connectivity index (χ3v) is 4.15. The summed E-state index contributed by atoms with van der Waals surface area (Å²) in [6.45, 7) is 2.57. The molecule has 2 aliphatic rings. The minimum Gasteiger partial charge on any atom is -0.371 e. The van der Waals surface area contributed by atoms with Crippen LogP contribution in [0.4, 0.5) is 5.69 Å². The molecule has 3 nitrogen and oxygen atoms in total. The van der Waals surface area contributed by atoms with Crippen LogP contribution in [0.25, 0.3) is 0 Å². The first-order valence-corrected chi connectivity index (χ1v) is 7.03. The van der Waals surface area contributed by atoms with E-state index in [0.29, 0.717) is 18.8 Å². The second kappa shape index (κ2) is 5.08. The number of morpholine rings is 1. The van der Waals surface area contributed by atoms with Crippen molar-refractivity contribution in [3.05, 3.63) is 28.8 Å². The second-order valence-corrected chi connectivity index (χ2v) is 5.56. The van der Waals surface area contributed by atoms with Crippen molar-refractivity contribution in [3.8, 4) is 0 Å². The fourth-order valence-corrected chi connectivity index (χ4v) is 3.38. The lowest BCUT2D eigenvalue weighted by molar-refractivity contribution is 0.0304. The summed E-state index contributed by atoms with van der Waals surface area (Å²) in [6.07, 6.45) is 4.00. The predicted molar refractivity (Wildman–Crippen MR) is 74.3 cm³/mol. The molecule has 0 amide bonds. The van der Waals surface area contributed by atoms with Crippen molar-refractivity contribution < 1.29 is 4.74 Å². The van der Waals surface area contributed by atoms with Crippen LogP contribution in [0.5, 0.6) is 0 Å². The summed E-state index contributed by atoms with van der Waals surface area (Å²) in [7, 11) is 0. The average Bonchev–Trinajstić information content (AvgIpc) is 2.69. The van der Waals surface area contributed by atoms with Crippen molar-refractivity contribution in [3.63, 3.8) is 0 Å². The molecule has 2 aliphatic heterocycles. The zero-order valence-electron chi connectivity index (χ0n) is 10.4. The number of nitrogens with two attached hydrogens (primary N) is 1. The van der Waals surface area contributed by atoms with Crippen LogP contribution in [0, 0.1) is 0 Å². The number of ether oxygens (including phenoxy) is 1. The van der Waals surface area contributed by atoms with Gasteiger partial charge in [-0.1, -0.05) is 23.7 Å². The Kier molecular flexibility index (Phi) is 3.46. The van der Waals surface area contributed by atoms with Gasteiger partial charge in [0, 0.05) is 13.1 Å². The topological polar surface area (TPSA) is 38.5 Å². The van der Waals surface area contributed by atoms with Crippen LogP contribution in [0.1, 0.15) is 18.4 Å². The first kappa shape index (κ1) is 12.3. The Balaban J connectivity index is 1.90. The van der Waals surface area contributed by atoms with E-state index in [4.69, 9.17) is 22.1 Å². The van der Waals surface area contributed by atoms with Gasteiger partial charge in [-0.05, 0) is 37.4 Å². The fourth-order valence-electron chi connectivity index (χ4n) is 3.07. The molecule has 0 aromatic heterocycles. The van der Waals surface area contributed by atoms with Gasteiger partial charge >= 0.3 is 0 Å². The zero-order chi connectivity index (χ0) is 12.5. The molecular weight excluding hydrogens is 248 g/mol. The smallest absolute Gasteiger partial charge is 0.0755 e. The number of nitrogens with zero attached hydrogens (tertiary/aromatic N) is 1. The Labute approximate surface area is 113 Å². The van der Waals surface area contributed by atoms with Crippen LogP contribution in [0.15, 0.2) is 18.2 Å². The normalized spacial score (nSPS) is 26.7. The lowest BCUT2D eigenvalue weighted by Gasteiger charge is -2.35. The van der Waals surface area contributed by atoms with Crippen LogP contribution >= 0.6 is 11.6 Å². The number of hydrogen-bond donors (Lipinski definition) is 1. The molecule has 2 fully saturated rings. The summed E-state index contributed by atoms with van der Waals surface area (Å²) in [5.41, 5.74) is 8.12. The highest BCUT2D eigenvalue weighted by molar-refractivity contribution is 6.33. The Morgan fingerprint density at radius 1 is 1.28 bits per heavy atom. The molecule has 1 aromatic carbocycles. The average molecular weight is 267 g/mol. The molecule has 0 aliphatic carbocycles. The van der Waals surface area contributed by atoms with Crippen molar-refractivity contribution in [1.29, 1.82) is 0 Å². The van der Waals surface area contributed by atoms with Crippen LogP contribution in [0.2, 0.25) is 5.02 Å². The predicted octanol–water partition coefficient (Wildman–Crippen LogP) is 2.21. The summed E-state index contributed by atoms with van der Waals surface area (Å²) in [5.74, 6) is 0. The van der Waals surface area contributed by atoms with Crippen LogP contribution in [0.3, 0.4) is 0 Å². The molecule has 2 atom stereocenters. The first-order chi connectivity index (χ1) is 8.78. The quantitative estimate of drug-likeness (QED) is 0.912. The van der Waals surface area contributed by atoms with E-state index in [1.54, 1.807) is 0 Å². The van der Waals surface area contributed by atoms with E-state index < -0.39 is 0 Å². The highest BCUT2D eigenvalue weighted by Gasteiger charge is 2.34. The third kappa shape index (κ3) is 2.22. The van der Waals surface area contributed by atoms with Crippen molar-refractivity contribution in [2.45, 2.75) is 31.5 Å². The number of halogens is 1. The molecule has 2 bridgehead atoms. The van der Waals surface area contributed by atoms with Gasteiger partial charge in [-0.2, -0.15) is 0 Å². The fraction of sp³-hybridized carbons (Fsp3) is 0.571. The van der Waals surface area contributed by atoms with Gasteiger partial charge in [0.1, 0.15) is 0 Å². The number of para-hydroxylation sites is 1. The van der Waals surface area contributed by atoms with Gasteiger partial charge in [0.15, 0.2) is 0 Å². The monoisotopic (exact) mass is 266 g/mol. The Bertz CT molecular complexity index is 426.